The molecule has 2 N–H and O–H groups in total. The highest BCUT2D eigenvalue weighted by Crippen LogP contribution is 2.51. The third-order valence-electron chi connectivity index (χ3n) is 8.66. The summed E-state index contributed by atoms with van der Waals surface area (Å²) in [6.07, 6.45) is -10.1. The molecule has 0 aromatic heterocycles. The van der Waals surface area contributed by atoms with Gasteiger partial charge >= 0.3 is 18.4 Å². The summed E-state index contributed by atoms with van der Waals surface area (Å²) in [7, 11) is 0. The fraction of sp³-hybridized carbons (Fsp3) is 0.576. The molecule has 0 radical (unpaired) electrons. The predicted molar refractivity (Wildman–Crippen MR) is 159 cm³/mol. The van der Waals surface area contributed by atoms with Crippen LogP contribution in [0, 0.1) is 0 Å². The minimum atomic E-state index is -6.01. The summed E-state index contributed by atoms with van der Waals surface area (Å²) in [5, 5.41) is 12.9. The second kappa shape index (κ2) is 13.8. The highest BCUT2D eigenvalue weighted by molar-refractivity contribution is 6.07. The number of imide groups is 1. The van der Waals surface area contributed by atoms with Crippen molar-refractivity contribution in [3.8, 4) is 17.2 Å². The lowest BCUT2D eigenvalue weighted by molar-refractivity contribution is -0.376. The molecular weight excluding hydrogens is 634 g/mol. The summed E-state index contributed by atoms with van der Waals surface area (Å²) in [5.74, 6) is 0.772. The van der Waals surface area contributed by atoms with Gasteiger partial charge in [0, 0.05) is 11.6 Å². The normalized spacial score (nSPS) is 19.2. The van der Waals surface area contributed by atoms with E-state index < -0.39 is 47.0 Å². The number of alkyl halides is 6. The molecule has 2 aliphatic rings. The first kappa shape index (κ1) is 36.2. The smallest absolute Gasteiger partial charge is 0.430 e. The van der Waals surface area contributed by atoms with E-state index in [9.17, 15) is 41.0 Å². The van der Waals surface area contributed by atoms with Gasteiger partial charge in [-0.25, -0.2) is 4.79 Å². The van der Waals surface area contributed by atoms with Crippen molar-refractivity contribution in [1.29, 1.82) is 0 Å². The van der Waals surface area contributed by atoms with Crippen molar-refractivity contribution < 1.29 is 55.2 Å². The number of nitrogens with one attached hydrogen (secondary N) is 1. The number of hydrogen-bond acceptors (Lipinski definition) is 6. The van der Waals surface area contributed by atoms with E-state index in [0.717, 1.165) is 17.0 Å². The molecule has 3 amide bonds. The van der Waals surface area contributed by atoms with E-state index in [1.54, 1.807) is 45.9 Å². The Morgan fingerprint density at radius 2 is 1.51 bits per heavy atom. The quantitative estimate of drug-likeness (QED) is 0.134. The maximum absolute atomic E-state index is 13.8. The first-order valence-corrected chi connectivity index (χ1v) is 15.8. The third-order valence-corrected chi connectivity index (χ3v) is 8.66. The fourth-order valence-electron chi connectivity index (χ4n) is 6.17. The van der Waals surface area contributed by atoms with Crippen LogP contribution in [0.1, 0.15) is 82.1 Å². The number of aliphatic hydroxyl groups is 1. The maximum atomic E-state index is 13.8. The molecule has 14 heteroatoms. The average Bonchev–Trinajstić information content (AvgIpc) is 3.28. The molecule has 2 aromatic carbocycles. The molecule has 2 atom stereocenters. The van der Waals surface area contributed by atoms with Gasteiger partial charge in [-0.2, -0.15) is 26.3 Å². The van der Waals surface area contributed by atoms with Crippen LogP contribution >= 0.6 is 0 Å². The third kappa shape index (κ3) is 6.70. The Balaban J connectivity index is 1.51. The van der Waals surface area contributed by atoms with E-state index in [0.29, 0.717) is 56.0 Å². The van der Waals surface area contributed by atoms with Crippen LogP contribution in [0.4, 0.5) is 31.1 Å². The number of amides is 3. The monoisotopic (exact) mass is 674 g/mol. The summed E-state index contributed by atoms with van der Waals surface area (Å²) < 4.78 is 99.4. The second-order valence-electron chi connectivity index (χ2n) is 11.9. The molecule has 0 saturated carbocycles. The van der Waals surface area contributed by atoms with Crippen LogP contribution in [0.5, 0.6) is 17.2 Å². The van der Waals surface area contributed by atoms with Crippen LogP contribution in [0.15, 0.2) is 30.3 Å². The summed E-state index contributed by atoms with van der Waals surface area (Å²) in [4.78, 5) is 28.1. The van der Waals surface area contributed by atoms with Crippen molar-refractivity contribution in [2.75, 3.05) is 19.8 Å². The second-order valence-corrected chi connectivity index (χ2v) is 11.9. The van der Waals surface area contributed by atoms with Gasteiger partial charge in [0.2, 0.25) is 0 Å². The van der Waals surface area contributed by atoms with Gasteiger partial charge in [0.15, 0.2) is 11.5 Å². The van der Waals surface area contributed by atoms with E-state index in [4.69, 9.17) is 14.2 Å². The van der Waals surface area contributed by atoms with Crippen LogP contribution in [0.2, 0.25) is 0 Å². The number of aryl methyl sites for hydroxylation is 2. The van der Waals surface area contributed by atoms with E-state index in [-0.39, 0.29) is 42.7 Å². The summed E-state index contributed by atoms with van der Waals surface area (Å²) in [6, 6.07) is 5.42. The van der Waals surface area contributed by atoms with E-state index in [2.05, 4.69) is 5.32 Å². The minimum Gasteiger partial charge on any atom is -0.493 e. The Labute approximate surface area is 269 Å². The molecule has 1 saturated heterocycles. The summed E-state index contributed by atoms with van der Waals surface area (Å²) in [5.41, 5.74) is -6.86. The Hall–Kier alpha value is -3.68. The van der Waals surface area contributed by atoms with Crippen molar-refractivity contribution in [3.05, 3.63) is 52.6 Å². The van der Waals surface area contributed by atoms with Gasteiger partial charge in [0.05, 0.1) is 6.61 Å². The lowest BCUT2D eigenvalue weighted by Gasteiger charge is -2.33. The topological polar surface area (TPSA) is 97.3 Å². The molecule has 47 heavy (non-hydrogen) atoms. The number of benzene rings is 2. The largest absolute Gasteiger partial charge is 0.493 e. The number of hydrogen-bond donors (Lipinski definition) is 2. The Morgan fingerprint density at radius 1 is 0.936 bits per heavy atom. The van der Waals surface area contributed by atoms with E-state index in [1.165, 1.54) is 0 Å². The number of ether oxygens (including phenoxy) is 3. The molecule has 4 rings (SSSR count). The summed E-state index contributed by atoms with van der Waals surface area (Å²) >= 11 is 0. The van der Waals surface area contributed by atoms with Gasteiger partial charge < -0.3 is 24.6 Å². The zero-order valence-corrected chi connectivity index (χ0v) is 26.7. The highest BCUT2D eigenvalue weighted by Gasteiger charge is 2.71. The Kier molecular flexibility index (Phi) is 10.6. The number of carbonyl (C=O) groups is 2. The zero-order valence-electron chi connectivity index (χ0n) is 26.7. The molecule has 1 fully saturated rings. The van der Waals surface area contributed by atoms with Gasteiger partial charge in [-0.05, 0) is 80.0 Å². The first-order chi connectivity index (χ1) is 22.1. The number of carbonyl (C=O) groups excluding carboxylic acids is 2. The van der Waals surface area contributed by atoms with Gasteiger partial charge in [0.25, 0.3) is 11.5 Å². The Bertz CT molecular complexity index is 1420. The number of nitrogens with zero attached hydrogens (tertiary/aromatic N) is 1. The Morgan fingerprint density at radius 3 is 2.04 bits per heavy atom. The number of halogens is 6. The molecule has 260 valence electrons. The highest BCUT2D eigenvalue weighted by atomic mass is 19.4. The standard InChI is InChI=1S/C33H40F6N2O6/c1-5-9-21-17-24(31(44,32(34,35)36)33(37,38)39)18-22(10-6-2)27(21)47-14-8-11-20(4)41-28(42)30(7-3,40-29(41)43)23-12-13-25-26(19-23)46-16-15-45-25/h12-13,17-20,44H,5-11,14-16H2,1-4H3,(H,40,43). The lowest BCUT2D eigenvalue weighted by Crippen LogP contribution is -2.54. The number of fused-ring (bicyclic) bond motifs is 1. The maximum Gasteiger partial charge on any atom is 0.430 e. The fourth-order valence-corrected chi connectivity index (χ4v) is 6.17. The molecule has 2 aromatic rings. The molecule has 8 nitrogen and oxygen atoms in total. The predicted octanol–water partition coefficient (Wildman–Crippen LogP) is 7.08. The molecule has 2 unspecified atom stereocenters. The van der Waals surface area contributed by atoms with Gasteiger partial charge in [-0.15, -0.1) is 0 Å². The van der Waals surface area contributed by atoms with Crippen LogP contribution < -0.4 is 19.5 Å². The van der Waals surface area contributed by atoms with Crippen LogP contribution in [0.25, 0.3) is 0 Å². The molecule has 2 heterocycles. The lowest BCUT2D eigenvalue weighted by atomic mass is 9.86. The van der Waals surface area contributed by atoms with Gasteiger partial charge in [-0.3, -0.25) is 9.69 Å². The van der Waals surface area contributed by atoms with Crippen LogP contribution in [-0.2, 0) is 28.8 Å². The SMILES string of the molecule is CCCc1cc(C(O)(C(F)(F)F)C(F)(F)F)cc(CCC)c1OCCCC(C)N1C(=O)NC(CC)(c2ccc3c(c2)OCCO3)C1=O. The average molecular weight is 675 g/mol. The van der Waals surface area contributed by atoms with Crippen molar-refractivity contribution in [2.24, 2.45) is 0 Å². The first-order valence-electron chi connectivity index (χ1n) is 15.8. The van der Waals surface area contributed by atoms with Gasteiger partial charge in [-0.1, -0.05) is 39.7 Å². The van der Waals surface area contributed by atoms with Gasteiger partial charge in [0.1, 0.15) is 24.5 Å². The molecule has 2 aliphatic heterocycles. The summed E-state index contributed by atoms with van der Waals surface area (Å²) in [6.45, 7) is 7.71. The van der Waals surface area contributed by atoms with Crippen molar-refractivity contribution >= 4 is 11.9 Å². The van der Waals surface area contributed by atoms with Crippen LogP contribution in [-0.4, -0.2) is 60.2 Å². The molecule has 0 bridgehead atoms. The van der Waals surface area contributed by atoms with Crippen molar-refractivity contribution in [3.63, 3.8) is 0 Å². The molecule has 0 spiro atoms. The van der Waals surface area contributed by atoms with E-state index >= 15 is 0 Å². The molecule has 0 aliphatic carbocycles. The zero-order chi connectivity index (χ0) is 34.8. The minimum absolute atomic E-state index is 0.0185. The molecular formula is C33H40F6N2O6. The van der Waals surface area contributed by atoms with Crippen molar-refractivity contribution in [2.45, 2.75) is 102 Å². The van der Waals surface area contributed by atoms with Crippen molar-refractivity contribution in [1.82, 2.24) is 10.2 Å². The number of urea groups is 1. The van der Waals surface area contributed by atoms with Crippen LogP contribution in [0.3, 0.4) is 0 Å². The van der Waals surface area contributed by atoms with E-state index in [1.807, 2.05) is 0 Å². The number of rotatable bonds is 13.